The molecule has 1 aromatic carbocycles. The Morgan fingerprint density at radius 3 is 2.94 bits per heavy atom. The van der Waals surface area contributed by atoms with E-state index < -0.39 is 0 Å². The van der Waals surface area contributed by atoms with Gasteiger partial charge in [-0.05, 0) is 50.6 Å². The molecule has 0 saturated carbocycles. The van der Waals surface area contributed by atoms with Crippen LogP contribution in [0, 0.1) is 11.3 Å². The summed E-state index contributed by atoms with van der Waals surface area (Å²) in [7, 11) is 2.09. The Labute approximate surface area is 113 Å². The Hall–Kier alpha value is -1.24. The third-order valence-electron chi connectivity index (χ3n) is 3.55. The summed E-state index contributed by atoms with van der Waals surface area (Å²) < 4.78 is 0. The molecule has 1 N–H and O–H groups in total. The smallest absolute Gasteiger partial charge is 0.0992 e. The highest BCUT2D eigenvalue weighted by molar-refractivity contribution is 6.33. The van der Waals surface area contributed by atoms with E-state index in [1.165, 1.54) is 12.8 Å². The first-order chi connectivity index (χ1) is 8.72. The summed E-state index contributed by atoms with van der Waals surface area (Å²) in [5.41, 5.74) is 1.63. The summed E-state index contributed by atoms with van der Waals surface area (Å²) in [6.07, 6.45) is 3.51. The van der Waals surface area contributed by atoms with Gasteiger partial charge in [-0.25, -0.2) is 0 Å². The summed E-state index contributed by atoms with van der Waals surface area (Å²) in [5, 5.41) is 12.9. The van der Waals surface area contributed by atoms with Crippen LogP contribution in [-0.2, 0) is 0 Å². The molecule has 1 aromatic rings. The second-order valence-corrected chi connectivity index (χ2v) is 5.13. The zero-order chi connectivity index (χ0) is 13.0. The standard InChI is InChI=1S/C14H18ClN3/c1-18(12-3-2-7-17-8-6-12)14-5-4-11(10-16)9-13(14)15/h4-5,9,12,17H,2-3,6-8H2,1H3. The molecule has 0 bridgehead atoms. The molecule has 96 valence electrons. The van der Waals surface area contributed by atoms with Crippen molar-refractivity contribution < 1.29 is 0 Å². The van der Waals surface area contributed by atoms with E-state index in [1.54, 1.807) is 6.07 Å². The second-order valence-electron chi connectivity index (χ2n) is 4.72. The molecule has 18 heavy (non-hydrogen) atoms. The molecule has 0 aromatic heterocycles. The largest absolute Gasteiger partial charge is 0.370 e. The molecule has 4 heteroatoms. The van der Waals surface area contributed by atoms with Crippen molar-refractivity contribution in [1.29, 1.82) is 5.26 Å². The maximum atomic E-state index is 8.85. The topological polar surface area (TPSA) is 39.1 Å². The lowest BCUT2D eigenvalue weighted by molar-refractivity contribution is 0.567. The third-order valence-corrected chi connectivity index (χ3v) is 3.85. The summed E-state index contributed by atoms with van der Waals surface area (Å²) in [6.45, 7) is 2.16. The first-order valence-electron chi connectivity index (χ1n) is 6.35. The first kappa shape index (κ1) is 13.2. The van der Waals surface area contributed by atoms with Gasteiger partial charge in [0.15, 0.2) is 0 Å². The number of nitriles is 1. The van der Waals surface area contributed by atoms with E-state index in [9.17, 15) is 0 Å². The molecule has 3 nitrogen and oxygen atoms in total. The van der Waals surface area contributed by atoms with Gasteiger partial charge in [0, 0.05) is 13.1 Å². The Kier molecular flexibility index (Phi) is 4.46. The predicted octanol–water partition coefficient (Wildman–Crippen LogP) is 2.79. The Bertz CT molecular complexity index is 445. The zero-order valence-corrected chi connectivity index (χ0v) is 11.4. The molecular weight excluding hydrogens is 246 g/mol. The fourth-order valence-corrected chi connectivity index (χ4v) is 2.76. The van der Waals surface area contributed by atoms with Gasteiger partial charge in [-0.15, -0.1) is 0 Å². The number of rotatable bonds is 2. The van der Waals surface area contributed by atoms with Gasteiger partial charge >= 0.3 is 0 Å². The van der Waals surface area contributed by atoms with Crippen LogP contribution in [0.15, 0.2) is 18.2 Å². The minimum Gasteiger partial charge on any atom is -0.370 e. The molecule has 1 unspecified atom stereocenters. The van der Waals surface area contributed by atoms with Gasteiger partial charge in [0.2, 0.25) is 0 Å². The highest BCUT2D eigenvalue weighted by Crippen LogP contribution is 2.29. The lowest BCUT2D eigenvalue weighted by Crippen LogP contribution is -2.32. The van der Waals surface area contributed by atoms with Crippen molar-refractivity contribution in [3.63, 3.8) is 0 Å². The minimum atomic E-state index is 0.519. The van der Waals surface area contributed by atoms with Crippen LogP contribution in [0.25, 0.3) is 0 Å². The van der Waals surface area contributed by atoms with Crippen LogP contribution in [0.3, 0.4) is 0 Å². The molecule has 0 spiro atoms. The fraction of sp³-hybridized carbons (Fsp3) is 0.500. The average Bonchev–Trinajstić information content (AvgIpc) is 2.66. The van der Waals surface area contributed by atoms with Gasteiger partial charge < -0.3 is 10.2 Å². The Balaban J connectivity index is 2.17. The molecule has 0 aliphatic carbocycles. The van der Waals surface area contributed by atoms with Crippen molar-refractivity contribution in [3.05, 3.63) is 28.8 Å². The number of nitrogens with zero attached hydrogens (tertiary/aromatic N) is 2. The van der Waals surface area contributed by atoms with E-state index in [2.05, 4.69) is 23.3 Å². The van der Waals surface area contributed by atoms with Crippen LogP contribution < -0.4 is 10.2 Å². The number of nitrogens with one attached hydrogen (secondary N) is 1. The zero-order valence-electron chi connectivity index (χ0n) is 10.6. The van der Waals surface area contributed by atoms with Crippen molar-refractivity contribution in [2.45, 2.75) is 25.3 Å². The van der Waals surface area contributed by atoms with Gasteiger partial charge in [0.25, 0.3) is 0 Å². The van der Waals surface area contributed by atoms with E-state index in [0.717, 1.165) is 25.2 Å². The molecule has 1 fully saturated rings. The third kappa shape index (κ3) is 2.95. The van der Waals surface area contributed by atoms with E-state index in [-0.39, 0.29) is 0 Å². The molecule has 1 aliphatic heterocycles. The highest BCUT2D eigenvalue weighted by atomic mass is 35.5. The lowest BCUT2D eigenvalue weighted by Gasteiger charge is -2.29. The number of hydrogen-bond donors (Lipinski definition) is 1. The summed E-state index contributed by atoms with van der Waals surface area (Å²) in [5.74, 6) is 0. The van der Waals surface area contributed by atoms with Crippen molar-refractivity contribution in [2.75, 3.05) is 25.0 Å². The van der Waals surface area contributed by atoms with Crippen LogP contribution in [-0.4, -0.2) is 26.2 Å². The van der Waals surface area contributed by atoms with Crippen molar-refractivity contribution >= 4 is 17.3 Å². The van der Waals surface area contributed by atoms with Crippen LogP contribution in [0.2, 0.25) is 5.02 Å². The van der Waals surface area contributed by atoms with Crippen molar-refractivity contribution in [3.8, 4) is 6.07 Å². The lowest BCUT2D eigenvalue weighted by atomic mass is 10.1. The molecule has 1 saturated heterocycles. The Morgan fingerprint density at radius 1 is 1.39 bits per heavy atom. The van der Waals surface area contributed by atoms with Crippen LogP contribution in [0.1, 0.15) is 24.8 Å². The highest BCUT2D eigenvalue weighted by Gasteiger charge is 2.18. The molecule has 0 radical (unpaired) electrons. The average molecular weight is 264 g/mol. The van der Waals surface area contributed by atoms with E-state index in [4.69, 9.17) is 16.9 Å². The minimum absolute atomic E-state index is 0.519. The number of halogens is 1. The van der Waals surface area contributed by atoms with Crippen LogP contribution in [0.5, 0.6) is 0 Å². The molecule has 1 heterocycles. The summed E-state index contributed by atoms with van der Waals surface area (Å²) >= 11 is 6.25. The van der Waals surface area contributed by atoms with Gasteiger partial charge in [-0.3, -0.25) is 0 Å². The summed E-state index contributed by atoms with van der Waals surface area (Å²) in [4.78, 5) is 2.25. The molecule has 1 aliphatic rings. The number of benzene rings is 1. The second kappa shape index (κ2) is 6.08. The van der Waals surface area contributed by atoms with Gasteiger partial charge in [0.1, 0.15) is 0 Å². The van der Waals surface area contributed by atoms with Gasteiger partial charge in [-0.1, -0.05) is 11.6 Å². The van der Waals surface area contributed by atoms with E-state index >= 15 is 0 Å². The monoisotopic (exact) mass is 263 g/mol. The van der Waals surface area contributed by atoms with E-state index in [1.807, 2.05) is 12.1 Å². The van der Waals surface area contributed by atoms with Crippen molar-refractivity contribution in [2.24, 2.45) is 0 Å². The Morgan fingerprint density at radius 2 is 2.22 bits per heavy atom. The van der Waals surface area contributed by atoms with E-state index in [0.29, 0.717) is 16.6 Å². The molecular formula is C14H18ClN3. The SMILES string of the molecule is CN(c1ccc(C#N)cc1Cl)C1CCCNCC1. The quantitative estimate of drug-likeness (QED) is 0.892. The maximum Gasteiger partial charge on any atom is 0.0992 e. The van der Waals surface area contributed by atoms with Gasteiger partial charge in [-0.2, -0.15) is 5.26 Å². The van der Waals surface area contributed by atoms with Gasteiger partial charge in [0.05, 0.1) is 22.3 Å². The normalized spacial score (nSPS) is 19.9. The van der Waals surface area contributed by atoms with Crippen LogP contribution in [0.4, 0.5) is 5.69 Å². The van der Waals surface area contributed by atoms with Crippen LogP contribution >= 0.6 is 11.6 Å². The number of hydrogen-bond acceptors (Lipinski definition) is 3. The molecule has 1 atom stereocenters. The fourth-order valence-electron chi connectivity index (χ4n) is 2.45. The summed E-state index contributed by atoms with van der Waals surface area (Å²) in [6, 6.07) is 8.14. The number of anilines is 1. The maximum absolute atomic E-state index is 8.85. The molecule has 0 amide bonds. The van der Waals surface area contributed by atoms with Crippen molar-refractivity contribution in [1.82, 2.24) is 5.32 Å². The predicted molar refractivity (Wildman–Crippen MR) is 75.1 cm³/mol. The first-order valence-corrected chi connectivity index (χ1v) is 6.73. The molecule has 2 rings (SSSR count).